The van der Waals surface area contributed by atoms with Crippen molar-refractivity contribution in [2.24, 2.45) is 5.92 Å². The molecule has 0 aliphatic carbocycles. The van der Waals surface area contributed by atoms with Crippen molar-refractivity contribution < 1.29 is 28.0 Å². The van der Waals surface area contributed by atoms with Gasteiger partial charge in [-0.15, -0.1) is 0 Å². The van der Waals surface area contributed by atoms with E-state index in [2.05, 4.69) is 5.32 Å². The lowest BCUT2D eigenvalue weighted by Crippen LogP contribution is -2.34. The fraction of sp³-hybridized carbons (Fsp3) is 0.417. The maximum Gasteiger partial charge on any atom is 0.423 e. The minimum atomic E-state index is -4.91. The molecule has 0 bridgehead atoms. The zero-order chi connectivity index (χ0) is 16.4. The molecule has 6 nitrogen and oxygen atoms in total. The molecular weight excluding hydrogens is 293 g/mol. The molecule has 0 radical (unpaired) electrons. The number of nitro groups is 1. The van der Waals surface area contributed by atoms with Crippen LogP contribution >= 0.6 is 0 Å². The van der Waals surface area contributed by atoms with Crippen LogP contribution in [0.4, 0.5) is 24.5 Å². The topological polar surface area (TPSA) is 92.5 Å². The van der Waals surface area contributed by atoms with E-state index in [9.17, 15) is 28.1 Å². The summed E-state index contributed by atoms with van der Waals surface area (Å²) < 4.78 is 38.4. The molecule has 0 heterocycles. The third kappa shape index (κ3) is 4.07. The average molecular weight is 306 g/mol. The van der Waals surface area contributed by atoms with Crippen molar-refractivity contribution in [2.45, 2.75) is 26.1 Å². The molecule has 1 aromatic carbocycles. The molecule has 1 aromatic rings. The molecule has 0 aliphatic heterocycles. The van der Waals surface area contributed by atoms with Crippen molar-refractivity contribution >= 4 is 17.3 Å². The minimum Gasteiger partial charge on any atom is -0.480 e. The number of alkyl halides is 3. The largest absolute Gasteiger partial charge is 0.480 e. The number of nitrogens with zero attached hydrogens (tertiary/aromatic N) is 1. The Bertz CT molecular complexity index is 558. The van der Waals surface area contributed by atoms with Crippen molar-refractivity contribution in [2.75, 3.05) is 5.32 Å². The number of benzene rings is 1. The Labute approximate surface area is 117 Å². The van der Waals surface area contributed by atoms with Gasteiger partial charge in [-0.05, 0) is 18.1 Å². The number of aliphatic carboxylic acids is 1. The molecule has 0 aromatic heterocycles. The van der Waals surface area contributed by atoms with E-state index >= 15 is 0 Å². The number of carboxylic acid groups (broad SMARTS) is 1. The van der Waals surface area contributed by atoms with E-state index in [0.717, 1.165) is 6.07 Å². The van der Waals surface area contributed by atoms with Gasteiger partial charge in [-0.1, -0.05) is 13.8 Å². The summed E-state index contributed by atoms with van der Waals surface area (Å²) in [5.74, 6) is -1.61. The Morgan fingerprint density at radius 2 is 1.95 bits per heavy atom. The first kappa shape index (κ1) is 16.7. The fourth-order valence-corrected chi connectivity index (χ4v) is 1.71. The summed E-state index contributed by atoms with van der Waals surface area (Å²) in [7, 11) is 0. The zero-order valence-electron chi connectivity index (χ0n) is 11.1. The first-order chi connectivity index (χ1) is 9.54. The molecule has 0 unspecified atom stereocenters. The van der Waals surface area contributed by atoms with E-state index in [4.69, 9.17) is 5.11 Å². The molecule has 1 rings (SSSR count). The lowest BCUT2D eigenvalue weighted by Gasteiger charge is -2.19. The maximum atomic E-state index is 12.8. The van der Waals surface area contributed by atoms with E-state index in [1.807, 2.05) is 0 Å². The van der Waals surface area contributed by atoms with E-state index in [-0.39, 0.29) is 11.6 Å². The number of rotatable bonds is 5. The first-order valence-electron chi connectivity index (χ1n) is 5.89. The first-order valence-corrected chi connectivity index (χ1v) is 5.89. The highest BCUT2D eigenvalue weighted by molar-refractivity contribution is 5.78. The predicted molar refractivity (Wildman–Crippen MR) is 68.0 cm³/mol. The van der Waals surface area contributed by atoms with Gasteiger partial charge in [0.05, 0.1) is 4.92 Å². The van der Waals surface area contributed by atoms with Crippen LogP contribution in [-0.4, -0.2) is 22.0 Å². The molecular formula is C12H13F3N2O4. The van der Waals surface area contributed by atoms with Gasteiger partial charge in [0.1, 0.15) is 11.6 Å². The van der Waals surface area contributed by atoms with Gasteiger partial charge >= 0.3 is 12.1 Å². The highest BCUT2D eigenvalue weighted by Crippen LogP contribution is 2.37. The van der Waals surface area contributed by atoms with Crippen molar-refractivity contribution in [1.82, 2.24) is 0 Å². The normalized spacial score (nSPS) is 13.0. The summed E-state index contributed by atoms with van der Waals surface area (Å²) >= 11 is 0. The second-order valence-corrected chi connectivity index (χ2v) is 4.69. The van der Waals surface area contributed by atoms with Crippen molar-refractivity contribution in [3.8, 4) is 0 Å². The maximum absolute atomic E-state index is 12.8. The lowest BCUT2D eigenvalue weighted by atomic mass is 10.0. The van der Waals surface area contributed by atoms with Gasteiger partial charge in [-0.3, -0.25) is 10.1 Å². The van der Waals surface area contributed by atoms with Gasteiger partial charge < -0.3 is 10.4 Å². The highest BCUT2D eigenvalue weighted by Gasteiger charge is 2.38. The Morgan fingerprint density at radius 3 is 2.33 bits per heavy atom. The summed E-state index contributed by atoms with van der Waals surface area (Å²) in [6, 6.07) is 1.18. The van der Waals surface area contributed by atoms with Crippen LogP contribution in [0.25, 0.3) is 0 Å². The van der Waals surface area contributed by atoms with E-state index in [1.165, 1.54) is 0 Å². The second kappa shape index (κ2) is 5.98. The molecule has 21 heavy (non-hydrogen) atoms. The molecule has 0 spiro atoms. The van der Waals surface area contributed by atoms with E-state index in [0.29, 0.717) is 12.1 Å². The van der Waals surface area contributed by atoms with Crippen LogP contribution in [0.2, 0.25) is 0 Å². The van der Waals surface area contributed by atoms with Crippen LogP contribution in [0.15, 0.2) is 18.2 Å². The molecule has 0 aliphatic rings. The third-order valence-electron chi connectivity index (χ3n) is 2.75. The molecule has 9 heteroatoms. The number of hydrogen-bond acceptors (Lipinski definition) is 4. The van der Waals surface area contributed by atoms with E-state index in [1.54, 1.807) is 13.8 Å². The van der Waals surface area contributed by atoms with Gasteiger partial charge in [0.2, 0.25) is 0 Å². The highest BCUT2D eigenvalue weighted by atomic mass is 19.4. The molecule has 1 atom stereocenters. The van der Waals surface area contributed by atoms with Gasteiger partial charge in [-0.2, -0.15) is 13.2 Å². The summed E-state index contributed by atoms with van der Waals surface area (Å²) in [5, 5.41) is 22.0. The molecule has 116 valence electrons. The zero-order valence-corrected chi connectivity index (χ0v) is 11.1. The van der Waals surface area contributed by atoms with E-state index < -0.39 is 34.4 Å². The summed E-state index contributed by atoms with van der Waals surface area (Å²) in [4.78, 5) is 20.5. The molecule has 0 saturated heterocycles. The standard InChI is InChI=1S/C12H13F3N2O4/c1-6(2)10(11(18)19)16-7-3-4-9(17(20)21)8(5-7)12(13,14)15/h3-6,10,16H,1-2H3,(H,18,19)/t10-/m1/s1. The SMILES string of the molecule is CC(C)[C@@H](Nc1ccc([N+](=O)[O-])c(C(F)(F)F)c1)C(=O)O. The minimum absolute atomic E-state index is 0.144. The third-order valence-corrected chi connectivity index (χ3v) is 2.75. The Hall–Kier alpha value is -2.32. The van der Waals surface area contributed by atoms with Gasteiger partial charge in [0.25, 0.3) is 5.69 Å². The number of halogens is 3. The Morgan fingerprint density at radius 1 is 1.38 bits per heavy atom. The number of nitrogens with one attached hydrogen (secondary N) is 1. The Balaban J connectivity index is 3.23. The van der Waals surface area contributed by atoms with Crippen molar-refractivity contribution in [1.29, 1.82) is 0 Å². The van der Waals surface area contributed by atoms with Crippen LogP contribution in [-0.2, 0) is 11.0 Å². The molecule has 2 N–H and O–H groups in total. The number of carbonyl (C=O) groups is 1. The number of nitro benzene ring substituents is 1. The van der Waals surface area contributed by atoms with Gasteiger partial charge in [0, 0.05) is 11.8 Å². The van der Waals surface area contributed by atoms with Gasteiger partial charge in [-0.25, -0.2) is 4.79 Å². The monoisotopic (exact) mass is 306 g/mol. The van der Waals surface area contributed by atoms with Crippen LogP contribution < -0.4 is 5.32 Å². The van der Waals surface area contributed by atoms with Crippen LogP contribution in [0, 0.1) is 16.0 Å². The summed E-state index contributed by atoms with van der Waals surface area (Å²) in [6.45, 7) is 3.17. The smallest absolute Gasteiger partial charge is 0.423 e. The lowest BCUT2D eigenvalue weighted by molar-refractivity contribution is -0.388. The quantitative estimate of drug-likeness (QED) is 0.644. The number of hydrogen-bond donors (Lipinski definition) is 2. The summed E-state index contributed by atoms with van der Waals surface area (Å²) in [6.07, 6.45) is -4.91. The fourth-order valence-electron chi connectivity index (χ4n) is 1.71. The second-order valence-electron chi connectivity index (χ2n) is 4.69. The van der Waals surface area contributed by atoms with Crippen LogP contribution in [0.1, 0.15) is 19.4 Å². The number of anilines is 1. The molecule has 0 fully saturated rings. The van der Waals surface area contributed by atoms with Crippen LogP contribution in [0.5, 0.6) is 0 Å². The van der Waals surface area contributed by atoms with Crippen LogP contribution in [0.3, 0.4) is 0 Å². The number of carboxylic acids is 1. The molecule has 0 saturated carbocycles. The molecule has 0 amide bonds. The van der Waals surface area contributed by atoms with Crippen molar-refractivity contribution in [3.63, 3.8) is 0 Å². The van der Waals surface area contributed by atoms with Gasteiger partial charge in [0.15, 0.2) is 0 Å². The average Bonchev–Trinajstić information content (AvgIpc) is 2.33. The summed E-state index contributed by atoms with van der Waals surface area (Å²) in [5.41, 5.74) is -2.65. The van der Waals surface area contributed by atoms with Crippen molar-refractivity contribution in [3.05, 3.63) is 33.9 Å². The predicted octanol–water partition coefficient (Wildman–Crippen LogP) is 3.13. The Kier molecular flexibility index (Phi) is 4.77.